The molecule has 2 heterocycles. The summed E-state index contributed by atoms with van der Waals surface area (Å²) in [4.78, 5) is 7.84. The van der Waals surface area contributed by atoms with Crippen LogP contribution in [0.15, 0.2) is 36.8 Å². The lowest BCUT2D eigenvalue weighted by Gasteiger charge is -2.03. The van der Waals surface area contributed by atoms with Gasteiger partial charge < -0.3 is 4.74 Å². The van der Waals surface area contributed by atoms with Crippen molar-refractivity contribution in [1.29, 1.82) is 5.26 Å². The minimum absolute atomic E-state index is 0.392. The first-order valence-corrected chi connectivity index (χ1v) is 4.80. The van der Waals surface area contributed by atoms with Crippen molar-refractivity contribution in [2.45, 2.75) is 0 Å². The van der Waals surface area contributed by atoms with Gasteiger partial charge in [-0.1, -0.05) is 11.6 Å². The average Bonchev–Trinajstić information content (AvgIpc) is 2.30. The van der Waals surface area contributed by atoms with Crippen LogP contribution in [-0.2, 0) is 0 Å². The van der Waals surface area contributed by atoms with Crippen LogP contribution in [0.4, 0.5) is 0 Å². The third-order valence-electron chi connectivity index (χ3n) is 1.77. The Morgan fingerprint density at radius 2 is 2.12 bits per heavy atom. The molecule has 0 saturated carbocycles. The van der Waals surface area contributed by atoms with Gasteiger partial charge >= 0.3 is 0 Å². The normalized spacial score (nSPS) is 9.50. The fourth-order valence-corrected chi connectivity index (χ4v) is 1.24. The molecule has 0 saturated heterocycles. The van der Waals surface area contributed by atoms with E-state index in [1.165, 1.54) is 18.6 Å². The van der Waals surface area contributed by atoms with Crippen LogP contribution in [-0.4, -0.2) is 9.97 Å². The molecule has 0 aromatic carbocycles. The molecule has 0 amide bonds. The molecule has 0 aliphatic rings. The van der Waals surface area contributed by atoms with E-state index in [1.807, 2.05) is 6.07 Å². The molecule has 2 aromatic rings. The van der Waals surface area contributed by atoms with Crippen molar-refractivity contribution in [1.82, 2.24) is 9.97 Å². The standard InChI is InChI=1S/C11H6ClN3O/c12-9-3-10(7-14-6-9)16-11-2-1-8(4-13)5-15-11/h1-3,5-7H. The molecule has 0 aliphatic heterocycles. The Kier molecular flexibility index (Phi) is 2.99. The number of hydrogen-bond donors (Lipinski definition) is 0. The van der Waals surface area contributed by atoms with Gasteiger partial charge in [-0.05, 0) is 6.07 Å². The smallest absolute Gasteiger partial charge is 0.219 e. The summed E-state index contributed by atoms with van der Waals surface area (Å²) in [6.07, 6.45) is 4.49. The Balaban J connectivity index is 2.18. The first-order chi connectivity index (χ1) is 7.78. The van der Waals surface area contributed by atoms with E-state index in [9.17, 15) is 0 Å². The minimum atomic E-state index is 0.392. The van der Waals surface area contributed by atoms with Gasteiger partial charge in [0, 0.05) is 24.5 Å². The van der Waals surface area contributed by atoms with E-state index in [1.54, 1.807) is 18.2 Å². The van der Waals surface area contributed by atoms with Gasteiger partial charge in [0.2, 0.25) is 5.88 Å². The lowest BCUT2D eigenvalue weighted by Crippen LogP contribution is -1.88. The largest absolute Gasteiger partial charge is 0.437 e. The summed E-state index contributed by atoms with van der Waals surface area (Å²) in [6, 6.07) is 6.84. The van der Waals surface area contributed by atoms with Gasteiger partial charge in [-0.2, -0.15) is 5.26 Å². The highest BCUT2D eigenvalue weighted by Gasteiger charge is 2.00. The quantitative estimate of drug-likeness (QED) is 0.797. The Morgan fingerprint density at radius 3 is 2.75 bits per heavy atom. The first-order valence-electron chi connectivity index (χ1n) is 4.42. The fraction of sp³-hybridized carbons (Fsp3) is 0. The zero-order chi connectivity index (χ0) is 11.4. The monoisotopic (exact) mass is 231 g/mol. The van der Waals surface area contributed by atoms with Crippen molar-refractivity contribution < 1.29 is 4.74 Å². The highest BCUT2D eigenvalue weighted by Crippen LogP contribution is 2.21. The Labute approximate surface area is 97.1 Å². The van der Waals surface area contributed by atoms with Gasteiger partial charge in [0.25, 0.3) is 0 Å². The highest BCUT2D eigenvalue weighted by molar-refractivity contribution is 6.30. The van der Waals surface area contributed by atoms with Crippen LogP contribution in [0.3, 0.4) is 0 Å². The van der Waals surface area contributed by atoms with Crippen LogP contribution < -0.4 is 4.74 Å². The van der Waals surface area contributed by atoms with Gasteiger partial charge in [-0.15, -0.1) is 0 Å². The molecule has 0 N–H and O–H groups in total. The van der Waals surface area contributed by atoms with Crippen LogP contribution in [0.2, 0.25) is 5.02 Å². The molecule has 0 fully saturated rings. The van der Waals surface area contributed by atoms with E-state index in [4.69, 9.17) is 21.6 Å². The third kappa shape index (κ3) is 2.47. The van der Waals surface area contributed by atoms with Crippen LogP contribution in [0.25, 0.3) is 0 Å². The lowest BCUT2D eigenvalue weighted by atomic mass is 10.3. The predicted molar refractivity (Wildman–Crippen MR) is 58.3 cm³/mol. The SMILES string of the molecule is N#Cc1ccc(Oc2cncc(Cl)c2)nc1. The number of nitrogens with zero attached hydrogens (tertiary/aromatic N) is 3. The van der Waals surface area contributed by atoms with E-state index in [0.29, 0.717) is 22.2 Å². The number of rotatable bonds is 2. The summed E-state index contributed by atoms with van der Waals surface area (Å²) in [5.41, 5.74) is 0.483. The van der Waals surface area contributed by atoms with Gasteiger partial charge in [-0.25, -0.2) is 4.98 Å². The molecule has 2 aromatic heterocycles. The van der Waals surface area contributed by atoms with E-state index in [-0.39, 0.29) is 0 Å². The van der Waals surface area contributed by atoms with Crippen molar-refractivity contribution in [3.8, 4) is 17.7 Å². The molecule has 16 heavy (non-hydrogen) atoms. The summed E-state index contributed by atoms with van der Waals surface area (Å²) in [7, 11) is 0. The molecular weight excluding hydrogens is 226 g/mol. The minimum Gasteiger partial charge on any atom is -0.437 e. The number of aromatic nitrogens is 2. The second-order valence-electron chi connectivity index (χ2n) is 2.94. The summed E-state index contributed by atoms with van der Waals surface area (Å²) in [5.74, 6) is 0.896. The molecule has 0 unspecified atom stereocenters. The summed E-state index contributed by atoms with van der Waals surface area (Å²) in [5, 5.41) is 9.09. The maximum absolute atomic E-state index is 8.60. The van der Waals surface area contributed by atoms with E-state index < -0.39 is 0 Å². The van der Waals surface area contributed by atoms with Gasteiger partial charge in [0.15, 0.2) is 0 Å². The number of hydrogen-bond acceptors (Lipinski definition) is 4. The van der Waals surface area contributed by atoms with Crippen LogP contribution in [0.1, 0.15) is 5.56 Å². The van der Waals surface area contributed by atoms with Gasteiger partial charge in [0.1, 0.15) is 11.8 Å². The molecule has 0 spiro atoms. The predicted octanol–water partition coefficient (Wildman–Crippen LogP) is 2.79. The van der Waals surface area contributed by atoms with Crippen LogP contribution >= 0.6 is 11.6 Å². The van der Waals surface area contributed by atoms with E-state index in [0.717, 1.165) is 0 Å². The number of pyridine rings is 2. The topological polar surface area (TPSA) is 58.8 Å². The highest BCUT2D eigenvalue weighted by atomic mass is 35.5. The molecule has 0 radical (unpaired) electrons. The Bertz CT molecular complexity index is 534. The number of nitriles is 1. The molecule has 5 heteroatoms. The van der Waals surface area contributed by atoms with Gasteiger partial charge in [0.05, 0.1) is 16.8 Å². The van der Waals surface area contributed by atoms with Crippen molar-refractivity contribution in [3.05, 3.63) is 47.4 Å². The van der Waals surface area contributed by atoms with E-state index in [2.05, 4.69) is 9.97 Å². The Hall–Kier alpha value is -2.12. The Morgan fingerprint density at radius 1 is 1.25 bits per heavy atom. The van der Waals surface area contributed by atoms with Crippen LogP contribution in [0.5, 0.6) is 11.6 Å². The average molecular weight is 232 g/mol. The zero-order valence-corrected chi connectivity index (χ0v) is 8.85. The molecule has 78 valence electrons. The lowest BCUT2D eigenvalue weighted by molar-refractivity contribution is 0.461. The maximum atomic E-state index is 8.60. The molecule has 0 aliphatic carbocycles. The van der Waals surface area contributed by atoms with Crippen molar-refractivity contribution in [3.63, 3.8) is 0 Å². The molecule has 0 bridgehead atoms. The number of halogens is 1. The molecule has 0 atom stereocenters. The molecule has 4 nitrogen and oxygen atoms in total. The fourth-order valence-electron chi connectivity index (χ4n) is 1.08. The molecular formula is C11H6ClN3O. The summed E-state index contributed by atoms with van der Waals surface area (Å²) < 4.78 is 5.39. The zero-order valence-electron chi connectivity index (χ0n) is 8.09. The number of ether oxygens (including phenoxy) is 1. The van der Waals surface area contributed by atoms with Gasteiger partial charge in [-0.3, -0.25) is 4.98 Å². The summed E-state index contributed by atoms with van der Waals surface area (Å²) in [6.45, 7) is 0. The molecule has 2 rings (SSSR count). The van der Waals surface area contributed by atoms with Crippen molar-refractivity contribution in [2.75, 3.05) is 0 Å². The van der Waals surface area contributed by atoms with E-state index >= 15 is 0 Å². The van der Waals surface area contributed by atoms with Crippen molar-refractivity contribution in [2.24, 2.45) is 0 Å². The third-order valence-corrected chi connectivity index (χ3v) is 1.97. The summed E-state index contributed by atoms with van der Waals surface area (Å²) >= 11 is 5.75. The second kappa shape index (κ2) is 4.60. The first kappa shape index (κ1) is 10.4. The second-order valence-corrected chi connectivity index (χ2v) is 3.37. The van der Waals surface area contributed by atoms with Crippen LogP contribution in [0, 0.1) is 11.3 Å². The maximum Gasteiger partial charge on any atom is 0.219 e. The van der Waals surface area contributed by atoms with Crippen molar-refractivity contribution >= 4 is 11.6 Å².